The minimum absolute atomic E-state index is 0.239. The lowest BCUT2D eigenvalue weighted by Crippen LogP contribution is -2.52. The number of hydrogen-bond donors (Lipinski definition) is 2. The number of nitrogens with zero attached hydrogens (tertiary/aromatic N) is 1. The Balaban J connectivity index is 1.71. The minimum atomic E-state index is -0.580. The second-order valence-corrected chi connectivity index (χ2v) is 6.19. The Hall–Kier alpha value is -0.840. The van der Waals surface area contributed by atoms with Gasteiger partial charge in [0.15, 0.2) is 0 Å². The van der Waals surface area contributed by atoms with Crippen LogP contribution in [0.4, 0.5) is 0 Å². The zero-order valence-corrected chi connectivity index (χ0v) is 11.6. The monoisotopic (exact) mass is 264 g/mol. The van der Waals surface area contributed by atoms with Gasteiger partial charge in [0.2, 0.25) is 0 Å². The molecule has 2 N–H and O–H groups in total. The summed E-state index contributed by atoms with van der Waals surface area (Å²) in [6, 6.07) is 2.58. The number of likely N-dealkylation sites (tertiary alicyclic amines) is 1. The zero-order chi connectivity index (χ0) is 13.3. The number of aromatic amines is 1. The molecule has 2 aliphatic heterocycles. The molecule has 0 bridgehead atoms. The van der Waals surface area contributed by atoms with Gasteiger partial charge in [-0.15, -0.1) is 0 Å². The molecule has 4 nitrogen and oxygen atoms in total. The lowest BCUT2D eigenvalue weighted by atomic mass is 9.79. The van der Waals surface area contributed by atoms with E-state index in [0.29, 0.717) is 19.3 Å². The van der Waals surface area contributed by atoms with E-state index in [1.165, 1.54) is 18.4 Å². The fraction of sp³-hybridized carbons (Fsp3) is 0.733. The van der Waals surface area contributed by atoms with Crippen LogP contribution in [0.15, 0.2) is 18.5 Å². The van der Waals surface area contributed by atoms with Crippen LogP contribution in [0.2, 0.25) is 0 Å². The molecule has 0 unspecified atom stereocenters. The highest BCUT2D eigenvalue weighted by Gasteiger charge is 2.43. The Morgan fingerprint density at radius 2 is 2.47 bits per heavy atom. The van der Waals surface area contributed by atoms with E-state index >= 15 is 0 Å². The molecule has 2 saturated heterocycles. The van der Waals surface area contributed by atoms with Gasteiger partial charge >= 0.3 is 0 Å². The third kappa shape index (κ3) is 2.71. The van der Waals surface area contributed by atoms with Crippen LogP contribution in [0.25, 0.3) is 0 Å². The first kappa shape index (κ1) is 13.2. The molecule has 0 saturated carbocycles. The Bertz CT molecular complexity index is 402. The molecule has 3 atom stereocenters. The molecular formula is C15H24N2O2. The van der Waals surface area contributed by atoms with E-state index in [1.54, 1.807) is 0 Å². The van der Waals surface area contributed by atoms with Crippen LogP contribution < -0.4 is 0 Å². The topological polar surface area (TPSA) is 48.5 Å². The summed E-state index contributed by atoms with van der Waals surface area (Å²) < 4.78 is 5.62. The van der Waals surface area contributed by atoms with Gasteiger partial charge in [-0.3, -0.25) is 4.90 Å². The standard InChI is InChI=1S/C15H24N2O2/c1-15(18)5-8-19-11-13(15)14-3-2-7-17(14)10-12-4-6-16-9-12/h4,6,9,13-14,16,18H,2-3,5,7-8,10-11H2,1H3/t13-,14-,15+/m1/s1. The highest BCUT2D eigenvalue weighted by atomic mass is 16.5. The van der Waals surface area contributed by atoms with Crippen LogP contribution in [-0.2, 0) is 11.3 Å². The third-order valence-electron chi connectivity index (χ3n) is 4.78. The first-order valence-corrected chi connectivity index (χ1v) is 7.33. The SMILES string of the molecule is C[C@]1(O)CCOC[C@@H]1[C@H]1CCCN1Cc1cc[nH]c1. The molecule has 1 aromatic heterocycles. The molecule has 0 aromatic carbocycles. The van der Waals surface area contributed by atoms with Gasteiger partial charge in [-0.25, -0.2) is 0 Å². The van der Waals surface area contributed by atoms with E-state index in [4.69, 9.17) is 4.74 Å². The summed E-state index contributed by atoms with van der Waals surface area (Å²) in [5.74, 6) is 0.239. The van der Waals surface area contributed by atoms with E-state index in [0.717, 1.165) is 19.5 Å². The summed E-state index contributed by atoms with van der Waals surface area (Å²) in [6.07, 6.45) is 7.19. The molecule has 19 heavy (non-hydrogen) atoms. The number of ether oxygens (including phenoxy) is 1. The number of aliphatic hydroxyl groups is 1. The highest BCUT2D eigenvalue weighted by molar-refractivity contribution is 5.09. The molecule has 0 amide bonds. The fourth-order valence-corrected chi connectivity index (χ4v) is 3.57. The fourth-order valence-electron chi connectivity index (χ4n) is 3.57. The molecule has 3 rings (SSSR count). The normalized spacial score (nSPS) is 36.7. The highest BCUT2D eigenvalue weighted by Crippen LogP contribution is 2.36. The van der Waals surface area contributed by atoms with Crippen LogP contribution in [-0.4, -0.2) is 46.4 Å². The van der Waals surface area contributed by atoms with Gasteiger partial charge in [-0.05, 0) is 44.4 Å². The first-order chi connectivity index (χ1) is 9.17. The summed E-state index contributed by atoms with van der Waals surface area (Å²) in [5, 5.41) is 10.6. The molecule has 2 fully saturated rings. The molecule has 106 valence electrons. The lowest BCUT2D eigenvalue weighted by Gasteiger charge is -2.43. The first-order valence-electron chi connectivity index (χ1n) is 7.33. The van der Waals surface area contributed by atoms with Crippen molar-refractivity contribution in [1.82, 2.24) is 9.88 Å². The van der Waals surface area contributed by atoms with Gasteiger partial charge < -0.3 is 14.8 Å². The molecule has 3 heterocycles. The average molecular weight is 264 g/mol. The minimum Gasteiger partial charge on any atom is -0.390 e. The average Bonchev–Trinajstić information content (AvgIpc) is 3.01. The van der Waals surface area contributed by atoms with Gasteiger partial charge in [-0.2, -0.15) is 0 Å². The van der Waals surface area contributed by atoms with Crippen LogP contribution in [0, 0.1) is 5.92 Å². The molecule has 0 spiro atoms. The summed E-state index contributed by atoms with van der Waals surface area (Å²) in [6.45, 7) is 5.46. The second-order valence-electron chi connectivity index (χ2n) is 6.19. The van der Waals surface area contributed by atoms with E-state index in [1.807, 2.05) is 13.1 Å². The molecule has 0 aliphatic carbocycles. The molecule has 4 heteroatoms. The Morgan fingerprint density at radius 3 is 3.21 bits per heavy atom. The van der Waals surface area contributed by atoms with Crippen molar-refractivity contribution in [2.75, 3.05) is 19.8 Å². The predicted octanol–water partition coefficient (Wildman–Crippen LogP) is 1.77. The summed E-state index contributed by atoms with van der Waals surface area (Å²) in [7, 11) is 0. The maximum Gasteiger partial charge on any atom is 0.0706 e. The van der Waals surface area contributed by atoms with Crippen molar-refractivity contribution >= 4 is 0 Å². The number of aromatic nitrogens is 1. The maximum absolute atomic E-state index is 10.6. The Kier molecular flexibility index (Phi) is 3.65. The number of rotatable bonds is 3. The zero-order valence-electron chi connectivity index (χ0n) is 11.6. The van der Waals surface area contributed by atoms with E-state index in [9.17, 15) is 5.11 Å². The summed E-state index contributed by atoms with van der Waals surface area (Å²) >= 11 is 0. The number of nitrogens with one attached hydrogen (secondary N) is 1. The van der Waals surface area contributed by atoms with Crippen LogP contribution in [0.5, 0.6) is 0 Å². The van der Waals surface area contributed by atoms with Crippen LogP contribution in [0.3, 0.4) is 0 Å². The molecular weight excluding hydrogens is 240 g/mol. The number of H-pyrrole nitrogens is 1. The van der Waals surface area contributed by atoms with Crippen molar-refractivity contribution in [3.05, 3.63) is 24.0 Å². The van der Waals surface area contributed by atoms with Crippen LogP contribution >= 0.6 is 0 Å². The van der Waals surface area contributed by atoms with E-state index in [-0.39, 0.29) is 5.92 Å². The van der Waals surface area contributed by atoms with Crippen molar-refractivity contribution in [2.24, 2.45) is 5.92 Å². The van der Waals surface area contributed by atoms with Gasteiger partial charge in [0, 0.05) is 37.5 Å². The molecule has 0 radical (unpaired) electrons. The molecule has 2 aliphatic rings. The van der Waals surface area contributed by atoms with Crippen molar-refractivity contribution in [1.29, 1.82) is 0 Å². The number of hydrogen-bond acceptors (Lipinski definition) is 3. The summed E-state index contributed by atoms with van der Waals surface area (Å²) in [4.78, 5) is 5.62. The smallest absolute Gasteiger partial charge is 0.0706 e. The second kappa shape index (κ2) is 5.27. The largest absolute Gasteiger partial charge is 0.390 e. The summed E-state index contributed by atoms with van der Waals surface area (Å²) in [5.41, 5.74) is 0.743. The Morgan fingerprint density at radius 1 is 1.58 bits per heavy atom. The third-order valence-corrected chi connectivity index (χ3v) is 4.78. The van der Waals surface area contributed by atoms with Gasteiger partial charge in [0.05, 0.1) is 12.2 Å². The van der Waals surface area contributed by atoms with Gasteiger partial charge in [-0.1, -0.05) is 0 Å². The van der Waals surface area contributed by atoms with Crippen molar-refractivity contribution in [3.8, 4) is 0 Å². The Labute approximate surface area is 114 Å². The van der Waals surface area contributed by atoms with Gasteiger partial charge in [0.1, 0.15) is 0 Å². The maximum atomic E-state index is 10.6. The quantitative estimate of drug-likeness (QED) is 0.874. The predicted molar refractivity (Wildman–Crippen MR) is 73.8 cm³/mol. The molecule has 1 aromatic rings. The van der Waals surface area contributed by atoms with Crippen molar-refractivity contribution in [3.63, 3.8) is 0 Å². The van der Waals surface area contributed by atoms with Crippen LogP contribution in [0.1, 0.15) is 31.7 Å². The lowest BCUT2D eigenvalue weighted by molar-refractivity contribution is -0.123. The van der Waals surface area contributed by atoms with Gasteiger partial charge in [0.25, 0.3) is 0 Å². The van der Waals surface area contributed by atoms with Crippen molar-refractivity contribution < 1.29 is 9.84 Å². The van der Waals surface area contributed by atoms with E-state index in [2.05, 4.69) is 22.1 Å². The van der Waals surface area contributed by atoms with E-state index < -0.39 is 5.60 Å². The van der Waals surface area contributed by atoms with Crippen molar-refractivity contribution in [2.45, 2.75) is 44.4 Å².